The average molecular weight is 437 g/mol. The van der Waals surface area contributed by atoms with Crippen LogP contribution in [0.25, 0.3) is 0 Å². The van der Waals surface area contributed by atoms with Gasteiger partial charge in [0.1, 0.15) is 23.0 Å². The van der Waals surface area contributed by atoms with E-state index in [1.807, 2.05) is 13.0 Å². The van der Waals surface area contributed by atoms with Crippen LogP contribution in [0.1, 0.15) is 38.5 Å². The summed E-state index contributed by atoms with van der Waals surface area (Å²) in [5.41, 5.74) is 0.750. The van der Waals surface area contributed by atoms with E-state index in [4.69, 9.17) is 0 Å². The second-order valence-electron chi connectivity index (χ2n) is 7.03. The van der Waals surface area contributed by atoms with Gasteiger partial charge in [-0.3, -0.25) is 14.6 Å². The second-order valence-corrected chi connectivity index (χ2v) is 8.21. The molecule has 1 aliphatic heterocycles. The van der Waals surface area contributed by atoms with E-state index in [2.05, 4.69) is 15.3 Å². The number of aromatic nitrogens is 2. The van der Waals surface area contributed by atoms with Gasteiger partial charge in [0.15, 0.2) is 0 Å². The highest BCUT2D eigenvalue weighted by atomic mass is 32.2. The molecule has 2 atom stereocenters. The Morgan fingerprint density at radius 3 is 2.45 bits per heavy atom. The minimum absolute atomic E-state index is 0.0168. The number of rotatable bonds is 5. The van der Waals surface area contributed by atoms with Gasteiger partial charge in [0.25, 0.3) is 5.91 Å². The standard InChI is InChI=1S/C23H17F2N3O2S/c1-13-10-18(21(29)14-4-3-9-26-11-14)31-22(13)15-7-8-19(27-12-15)28-23(30)20-16(24)5-2-6-17(20)25/h2-13,22H,1H3,(H,27,28,30). The van der Waals surface area contributed by atoms with Gasteiger partial charge in [0, 0.05) is 29.4 Å². The average Bonchev–Trinajstić information content (AvgIpc) is 3.16. The van der Waals surface area contributed by atoms with Crippen LogP contribution in [0.15, 0.2) is 72.0 Å². The van der Waals surface area contributed by atoms with Crippen molar-refractivity contribution in [2.75, 3.05) is 5.32 Å². The Bertz CT molecular complexity index is 1150. The minimum atomic E-state index is -0.942. The zero-order valence-corrected chi connectivity index (χ0v) is 17.2. The molecule has 3 aromatic rings. The van der Waals surface area contributed by atoms with E-state index >= 15 is 0 Å². The summed E-state index contributed by atoms with van der Waals surface area (Å²) in [6, 6.07) is 10.0. The van der Waals surface area contributed by atoms with Crippen LogP contribution in [-0.2, 0) is 0 Å². The van der Waals surface area contributed by atoms with Crippen molar-refractivity contribution in [3.05, 3.63) is 100 Å². The zero-order valence-electron chi connectivity index (χ0n) is 16.4. The number of nitrogens with zero attached hydrogens (tertiary/aromatic N) is 2. The van der Waals surface area contributed by atoms with Gasteiger partial charge in [-0.15, -0.1) is 11.8 Å². The van der Waals surface area contributed by atoms with E-state index in [9.17, 15) is 18.4 Å². The number of ketones is 1. The molecule has 0 aliphatic carbocycles. The van der Waals surface area contributed by atoms with Gasteiger partial charge in [-0.05, 0) is 41.8 Å². The van der Waals surface area contributed by atoms with E-state index in [1.165, 1.54) is 17.8 Å². The Kier molecular flexibility index (Phi) is 5.90. The van der Waals surface area contributed by atoms with E-state index in [1.54, 1.807) is 42.9 Å². The van der Waals surface area contributed by atoms with Crippen LogP contribution in [0.4, 0.5) is 14.6 Å². The number of carbonyl (C=O) groups excluding carboxylic acids is 2. The molecule has 0 bridgehead atoms. The van der Waals surface area contributed by atoms with Gasteiger partial charge in [-0.25, -0.2) is 13.8 Å². The van der Waals surface area contributed by atoms with Gasteiger partial charge in [0.05, 0.1) is 4.91 Å². The Hall–Kier alpha value is -3.39. The Balaban J connectivity index is 1.45. The van der Waals surface area contributed by atoms with Crippen molar-refractivity contribution < 1.29 is 18.4 Å². The van der Waals surface area contributed by atoms with Crippen molar-refractivity contribution in [2.24, 2.45) is 5.92 Å². The van der Waals surface area contributed by atoms with Crippen molar-refractivity contribution in [3.8, 4) is 0 Å². The molecule has 31 heavy (non-hydrogen) atoms. The molecule has 1 amide bonds. The number of anilines is 1. The number of carbonyl (C=O) groups is 2. The van der Waals surface area contributed by atoms with Gasteiger partial charge in [-0.2, -0.15) is 0 Å². The van der Waals surface area contributed by atoms with Gasteiger partial charge in [-0.1, -0.05) is 25.1 Å². The third-order valence-corrected chi connectivity index (χ3v) is 6.37. The quantitative estimate of drug-likeness (QED) is 0.556. The molecule has 1 N–H and O–H groups in total. The normalized spacial score (nSPS) is 17.8. The van der Waals surface area contributed by atoms with Gasteiger partial charge in [0.2, 0.25) is 5.78 Å². The maximum absolute atomic E-state index is 13.8. The molecule has 2 aromatic heterocycles. The highest BCUT2D eigenvalue weighted by Crippen LogP contribution is 2.48. The van der Waals surface area contributed by atoms with Crippen molar-refractivity contribution >= 4 is 29.3 Å². The Morgan fingerprint density at radius 2 is 1.81 bits per heavy atom. The fourth-order valence-corrected chi connectivity index (χ4v) is 4.65. The predicted octanol–water partition coefficient (Wildman–Crippen LogP) is 5.20. The number of pyridine rings is 2. The molecule has 0 radical (unpaired) electrons. The molecule has 4 rings (SSSR count). The monoisotopic (exact) mass is 437 g/mol. The summed E-state index contributed by atoms with van der Waals surface area (Å²) in [5, 5.41) is 2.39. The highest BCUT2D eigenvalue weighted by Gasteiger charge is 2.30. The van der Waals surface area contributed by atoms with Crippen LogP contribution in [0, 0.1) is 17.6 Å². The van der Waals surface area contributed by atoms with E-state index in [0.29, 0.717) is 10.5 Å². The first-order valence-corrected chi connectivity index (χ1v) is 10.4. The van der Waals surface area contributed by atoms with Crippen LogP contribution >= 0.6 is 11.8 Å². The predicted molar refractivity (Wildman–Crippen MR) is 115 cm³/mol. The molecule has 1 aromatic carbocycles. The lowest BCUT2D eigenvalue weighted by molar-refractivity contribution is 0.101. The first-order chi connectivity index (χ1) is 14.9. The fourth-order valence-electron chi connectivity index (χ4n) is 3.29. The lowest BCUT2D eigenvalue weighted by Gasteiger charge is -2.15. The number of hydrogen-bond acceptors (Lipinski definition) is 5. The lowest BCUT2D eigenvalue weighted by Crippen LogP contribution is -2.16. The zero-order chi connectivity index (χ0) is 22.0. The number of halogens is 2. The molecular formula is C23H17F2N3O2S. The van der Waals surface area contributed by atoms with Crippen LogP contribution in [-0.4, -0.2) is 21.7 Å². The lowest BCUT2D eigenvalue weighted by atomic mass is 10.0. The van der Waals surface area contributed by atoms with E-state index < -0.39 is 23.1 Å². The van der Waals surface area contributed by atoms with Crippen molar-refractivity contribution in [3.63, 3.8) is 0 Å². The number of Topliss-reactive ketones (excluding diaryl/α,β-unsaturated/α-hetero) is 1. The summed E-state index contributed by atoms with van der Waals surface area (Å²) in [5.74, 6) is -2.60. The largest absolute Gasteiger partial charge is 0.306 e. The van der Waals surface area contributed by atoms with E-state index in [-0.39, 0.29) is 22.8 Å². The topological polar surface area (TPSA) is 72.0 Å². The van der Waals surface area contributed by atoms with Gasteiger partial charge >= 0.3 is 0 Å². The maximum atomic E-state index is 13.8. The molecule has 0 fully saturated rings. The molecular weight excluding hydrogens is 420 g/mol. The molecule has 3 heterocycles. The smallest absolute Gasteiger partial charge is 0.262 e. The van der Waals surface area contributed by atoms with E-state index in [0.717, 1.165) is 17.7 Å². The second kappa shape index (κ2) is 8.77. The summed E-state index contributed by atoms with van der Waals surface area (Å²) in [4.78, 5) is 33.7. The van der Waals surface area contributed by atoms with Crippen molar-refractivity contribution in [1.82, 2.24) is 9.97 Å². The summed E-state index contributed by atoms with van der Waals surface area (Å²) in [6.45, 7) is 2.01. The van der Waals surface area contributed by atoms with Crippen LogP contribution in [0.5, 0.6) is 0 Å². The van der Waals surface area contributed by atoms with Crippen LogP contribution in [0.3, 0.4) is 0 Å². The number of nitrogens with one attached hydrogen (secondary N) is 1. The Labute approximate surface area is 181 Å². The third kappa shape index (κ3) is 4.39. The molecule has 2 unspecified atom stereocenters. The molecule has 1 aliphatic rings. The van der Waals surface area contributed by atoms with Crippen LogP contribution < -0.4 is 5.32 Å². The first-order valence-electron chi connectivity index (χ1n) is 9.48. The molecule has 0 spiro atoms. The molecule has 156 valence electrons. The SMILES string of the molecule is CC1C=C(C(=O)c2cccnc2)SC1c1ccc(NC(=O)c2c(F)cccc2F)nc1. The summed E-state index contributed by atoms with van der Waals surface area (Å²) in [6.07, 6.45) is 6.68. The summed E-state index contributed by atoms with van der Waals surface area (Å²) in [7, 11) is 0. The number of benzene rings is 1. The number of allylic oxidation sites excluding steroid dienone is 2. The molecule has 5 nitrogen and oxygen atoms in total. The maximum Gasteiger partial charge on any atom is 0.262 e. The number of thioether (sulfide) groups is 1. The fraction of sp³-hybridized carbons (Fsp3) is 0.130. The molecule has 8 heteroatoms. The summed E-state index contributed by atoms with van der Waals surface area (Å²) >= 11 is 1.45. The van der Waals surface area contributed by atoms with Crippen molar-refractivity contribution in [1.29, 1.82) is 0 Å². The van der Waals surface area contributed by atoms with Gasteiger partial charge < -0.3 is 5.32 Å². The van der Waals surface area contributed by atoms with Crippen LogP contribution in [0.2, 0.25) is 0 Å². The first kappa shape index (κ1) is 20.9. The van der Waals surface area contributed by atoms with Crippen molar-refractivity contribution in [2.45, 2.75) is 12.2 Å². The Morgan fingerprint density at radius 1 is 1.03 bits per heavy atom. The third-order valence-electron chi connectivity index (χ3n) is 4.84. The number of hydrogen-bond donors (Lipinski definition) is 1. The minimum Gasteiger partial charge on any atom is -0.306 e. The summed E-state index contributed by atoms with van der Waals surface area (Å²) < 4.78 is 27.6. The molecule has 0 saturated heterocycles. The number of amides is 1. The highest BCUT2D eigenvalue weighted by molar-refractivity contribution is 8.04. The molecule has 0 saturated carbocycles.